The van der Waals surface area contributed by atoms with Crippen molar-refractivity contribution in [2.45, 2.75) is 0 Å². The van der Waals surface area contributed by atoms with Crippen molar-refractivity contribution in [3.8, 4) is 5.75 Å². The van der Waals surface area contributed by atoms with Crippen LogP contribution in [-0.4, -0.2) is 47.8 Å². The molecule has 19 heavy (non-hydrogen) atoms. The van der Waals surface area contributed by atoms with Gasteiger partial charge in [0.1, 0.15) is 18.1 Å². The first kappa shape index (κ1) is 13.4. The smallest absolute Gasteiger partial charge is 0.352 e. The van der Waals surface area contributed by atoms with Gasteiger partial charge in [-0.25, -0.2) is 4.79 Å². The van der Waals surface area contributed by atoms with E-state index in [1.807, 2.05) is 37.2 Å². The second-order valence-electron chi connectivity index (χ2n) is 4.77. The zero-order valence-corrected chi connectivity index (χ0v) is 11.4. The van der Waals surface area contributed by atoms with E-state index in [9.17, 15) is 4.79 Å². The first-order chi connectivity index (χ1) is 8.99. The Balaban J connectivity index is 2.23. The number of nitrogens with zero attached hydrogens (tertiary/aromatic N) is 2. The summed E-state index contributed by atoms with van der Waals surface area (Å²) in [6.07, 6.45) is 0. The molecule has 0 atom stereocenters. The van der Waals surface area contributed by atoms with Crippen LogP contribution in [0.2, 0.25) is 0 Å². The van der Waals surface area contributed by atoms with Gasteiger partial charge in [-0.2, -0.15) is 0 Å². The predicted molar refractivity (Wildman–Crippen MR) is 73.9 cm³/mol. The molecular weight excluding hydrogens is 244 g/mol. The van der Waals surface area contributed by atoms with Gasteiger partial charge in [-0.05, 0) is 38.4 Å². The molecule has 0 saturated heterocycles. The van der Waals surface area contributed by atoms with E-state index in [4.69, 9.17) is 9.84 Å². The zero-order valence-electron chi connectivity index (χ0n) is 11.4. The molecule has 1 N–H and O–H groups in total. The van der Waals surface area contributed by atoms with Gasteiger partial charge in [-0.3, -0.25) is 0 Å². The third-order valence-corrected chi connectivity index (χ3v) is 3.04. The number of benzene rings is 1. The van der Waals surface area contributed by atoms with E-state index in [0.29, 0.717) is 6.61 Å². The van der Waals surface area contributed by atoms with Crippen molar-refractivity contribution < 1.29 is 14.6 Å². The first-order valence-corrected chi connectivity index (χ1v) is 6.09. The van der Waals surface area contributed by atoms with Crippen molar-refractivity contribution in [2.24, 2.45) is 7.05 Å². The van der Waals surface area contributed by atoms with Crippen LogP contribution >= 0.6 is 0 Å². The number of ether oxygens (including phenoxy) is 1. The maximum atomic E-state index is 11.1. The van der Waals surface area contributed by atoms with Gasteiger partial charge >= 0.3 is 5.97 Å². The van der Waals surface area contributed by atoms with E-state index in [-0.39, 0.29) is 5.69 Å². The van der Waals surface area contributed by atoms with E-state index >= 15 is 0 Å². The number of hydrogen-bond donors (Lipinski definition) is 1. The molecule has 2 rings (SSSR count). The summed E-state index contributed by atoms with van der Waals surface area (Å²) in [6.45, 7) is 1.45. The fraction of sp³-hybridized carbons (Fsp3) is 0.357. The molecule has 0 amide bonds. The van der Waals surface area contributed by atoms with Crippen LogP contribution in [0.4, 0.5) is 0 Å². The highest BCUT2D eigenvalue weighted by Crippen LogP contribution is 2.24. The number of carboxylic acids is 1. The third-order valence-electron chi connectivity index (χ3n) is 3.04. The highest BCUT2D eigenvalue weighted by Gasteiger charge is 2.12. The molecule has 5 heteroatoms. The topological polar surface area (TPSA) is 54.7 Å². The van der Waals surface area contributed by atoms with Crippen molar-refractivity contribution >= 4 is 16.9 Å². The Morgan fingerprint density at radius 2 is 2.11 bits per heavy atom. The number of rotatable bonds is 5. The average molecular weight is 262 g/mol. The monoisotopic (exact) mass is 262 g/mol. The highest BCUT2D eigenvalue weighted by molar-refractivity contribution is 5.94. The van der Waals surface area contributed by atoms with Crippen molar-refractivity contribution in [3.63, 3.8) is 0 Å². The van der Waals surface area contributed by atoms with E-state index < -0.39 is 5.97 Å². The molecule has 0 aliphatic heterocycles. The molecule has 0 spiro atoms. The minimum atomic E-state index is -0.922. The number of likely N-dealkylation sites (N-methyl/N-ethyl adjacent to an activating group) is 1. The summed E-state index contributed by atoms with van der Waals surface area (Å²) >= 11 is 0. The Hall–Kier alpha value is -2.01. The summed E-state index contributed by atoms with van der Waals surface area (Å²) < 4.78 is 7.30. The number of aryl methyl sites for hydroxylation is 1. The predicted octanol–water partition coefficient (Wildman–Crippen LogP) is 1.82. The normalized spacial score (nSPS) is 11.2. The largest absolute Gasteiger partial charge is 0.492 e. The molecule has 0 fully saturated rings. The van der Waals surface area contributed by atoms with Crippen LogP contribution in [0, 0.1) is 0 Å². The number of hydrogen-bond acceptors (Lipinski definition) is 3. The number of aromatic carboxylic acids is 1. The van der Waals surface area contributed by atoms with Crippen LogP contribution in [0.25, 0.3) is 10.9 Å². The number of fused-ring (bicyclic) bond motifs is 1. The summed E-state index contributed by atoms with van der Waals surface area (Å²) in [5.41, 5.74) is 1.16. The summed E-state index contributed by atoms with van der Waals surface area (Å²) in [7, 11) is 5.73. The number of aromatic nitrogens is 1. The summed E-state index contributed by atoms with van der Waals surface area (Å²) in [4.78, 5) is 13.1. The van der Waals surface area contributed by atoms with Gasteiger partial charge in [0.05, 0.1) is 0 Å². The Morgan fingerprint density at radius 3 is 2.74 bits per heavy atom. The van der Waals surface area contributed by atoms with Gasteiger partial charge in [0.15, 0.2) is 0 Å². The lowest BCUT2D eigenvalue weighted by atomic mass is 10.2. The molecule has 2 aromatic rings. The van der Waals surface area contributed by atoms with Gasteiger partial charge in [-0.15, -0.1) is 0 Å². The lowest BCUT2D eigenvalue weighted by Gasteiger charge is -2.11. The van der Waals surface area contributed by atoms with Crippen molar-refractivity contribution in [1.82, 2.24) is 9.47 Å². The second-order valence-corrected chi connectivity index (χ2v) is 4.77. The van der Waals surface area contributed by atoms with Crippen LogP contribution in [0.3, 0.4) is 0 Å². The Kier molecular flexibility index (Phi) is 3.76. The molecule has 0 bridgehead atoms. The maximum Gasteiger partial charge on any atom is 0.352 e. The second kappa shape index (κ2) is 5.32. The lowest BCUT2D eigenvalue weighted by molar-refractivity contribution is 0.0687. The standard InChI is InChI=1S/C14H18N2O3/c1-15(2)6-7-19-11-4-5-12-10(8-11)9-13(14(17)18)16(12)3/h4-5,8-9H,6-7H2,1-3H3,(H,17,18). The fourth-order valence-corrected chi connectivity index (χ4v) is 1.97. The molecule has 0 radical (unpaired) electrons. The molecule has 0 saturated carbocycles. The summed E-state index contributed by atoms with van der Waals surface area (Å²) in [5.74, 6) is -0.161. The molecule has 0 aliphatic carbocycles. The maximum absolute atomic E-state index is 11.1. The van der Waals surface area contributed by atoms with Gasteiger partial charge in [0, 0.05) is 24.5 Å². The Bertz CT molecular complexity index is 602. The van der Waals surface area contributed by atoms with E-state index in [1.165, 1.54) is 0 Å². The zero-order chi connectivity index (χ0) is 14.0. The minimum Gasteiger partial charge on any atom is -0.492 e. The van der Waals surface area contributed by atoms with Gasteiger partial charge in [-0.1, -0.05) is 0 Å². The molecule has 0 unspecified atom stereocenters. The van der Waals surface area contributed by atoms with Crippen LogP contribution in [0.15, 0.2) is 24.3 Å². The summed E-state index contributed by atoms with van der Waals surface area (Å²) in [5, 5.41) is 9.96. The molecule has 102 valence electrons. The fourth-order valence-electron chi connectivity index (χ4n) is 1.97. The average Bonchev–Trinajstić information content (AvgIpc) is 2.66. The molecule has 5 nitrogen and oxygen atoms in total. The van der Waals surface area contributed by atoms with Gasteiger partial charge in [0.25, 0.3) is 0 Å². The highest BCUT2D eigenvalue weighted by atomic mass is 16.5. The molecular formula is C14H18N2O3. The Morgan fingerprint density at radius 1 is 1.37 bits per heavy atom. The van der Waals surface area contributed by atoms with Crippen molar-refractivity contribution in [3.05, 3.63) is 30.0 Å². The van der Waals surface area contributed by atoms with Gasteiger partial charge in [0.2, 0.25) is 0 Å². The van der Waals surface area contributed by atoms with E-state index in [2.05, 4.69) is 0 Å². The summed E-state index contributed by atoms with van der Waals surface area (Å²) in [6, 6.07) is 7.28. The van der Waals surface area contributed by atoms with Crippen molar-refractivity contribution in [1.29, 1.82) is 0 Å². The van der Waals surface area contributed by atoms with Crippen LogP contribution in [-0.2, 0) is 7.05 Å². The SMILES string of the molecule is CN(C)CCOc1ccc2c(c1)cc(C(=O)O)n2C. The quantitative estimate of drug-likeness (QED) is 0.893. The molecule has 1 aromatic heterocycles. The molecule has 1 heterocycles. The van der Waals surface area contributed by atoms with Crippen LogP contribution < -0.4 is 4.74 Å². The van der Waals surface area contributed by atoms with E-state index in [1.54, 1.807) is 17.7 Å². The first-order valence-electron chi connectivity index (χ1n) is 6.09. The lowest BCUT2D eigenvalue weighted by Crippen LogP contribution is -2.19. The number of carboxylic acid groups (broad SMARTS) is 1. The third kappa shape index (κ3) is 2.88. The molecule has 1 aromatic carbocycles. The Labute approximate surface area is 112 Å². The van der Waals surface area contributed by atoms with Crippen molar-refractivity contribution in [2.75, 3.05) is 27.2 Å². The van der Waals surface area contributed by atoms with Crippen LogP contribution in [0.1, 0.15) is 10.5 Å². The molecule has 0 aliphatic rings. The van der Waals surface area contributed by atoms with Gasteiger partial charge < -0.3 is 19.3 Å². The van der Waals surface area contributed by atoms with Crippen LogP contribution in [0.5, 0.6) is 5.75 Å². The minimum absolute atomic E-state index is 0.278. The number of carbonyl (C=O) groups is 1. The van der Waals surface area contributed by atoms with E-state index in [0.717, 1.165) is 23.2 Å².